The fourth-order valence-corrected chi connectivity index (χ4v) is 3.28. The first-order chi connectivity index (χ1) is 13.1. The number of alkyl halides is 3. The molecule has 1 aromatic carbocycles. The maximum Gasteiger partial charge on any atom is 0.183 e. The van der Waals surface area contributed by atoms with Crippen molar-refractivity contribution in [2.45, 2.75) is 5.92 Å². The summed E-state index contributed by atoms with van der Waals surface area (Å²) < 4.78 is 0. The van der Waals surface area contributed by atoms with Crippen molar-refractivity contribution in [1.29, 1.82) is 0 Å². The predicted molar refractivity (Wildman–Crippen MR) is 122 cm³/mol. The molecule has 1 unspecified atom stereocenters. The molecule has 0 bridgehead atoms. The largest absolute Gasteiger partial charge is 0.300 e. The lowest BCUT2D eigenvalue weighted by Gasteiger charge is -2.17. The highest BCUT2D eigenvalue weighted by Gasteiger charge is 2.21. The van der Waals surface area contributed by atoms with E-state index in [1.54, 1.807) is 6.08 Å². The number of hydrogen-bond donors (Lipinski definition) is 0. The molecule has 1 atom stereocenters. The maximum absolute atomic E-state index is 11.8. The lowest BCUT2D eigenvalue weighted by molar-refractivity contribution is -0.114. The molecule has 0 spiro atoms. The van der Waals surface area contributed by atoms with Crippen LogP contribution in [-0.2, 0) is 9.59 Å². The van der Waals surface area contributed by atoms with Crippen LogP contribution in [0.15, 0.2) is 66.8 Å². The Morgan fingerprint density at radius 1 is 0.929 bits per heavy atom. The van der Waals surface area contributed by atoms with Gasteiger partial charge in [0, 0.05) is 48.8 Å². The lowest BCUT2D eigenvalue weighted by atomic mass is 9.86. The Labute approximate surface area is 188 Å². The molecule has 0 heterocycles. The van der Waals surface area contributed by atoms with Crippen LogP contribution in [0.1, 0.15) is 11.5 Å². The molecule has 0 fully saturated rings. The Kier molecular flexibility index (Phi) is 15.2. The summed E-state index contributed by atoms with van der Waals surface area (Å²) in [7, 11) is 0. The van der Waals surface area contributed by atoms with E-state index in [0.29, 0.717) is 23.2 Å². The molecule has 0 N–H and O–H groups in total. The highest BCUT2D eigenvalue weighted by molar-refractivity contribution is 6.19. The van der Waals surface area contributed by atoms with Gasteiger partial charge in [0.25, 0.3) is 0 Å². The molecule has 3 nitrogen and oxygen atoms in total. The Morgan fingerprint density at radius 3 is 1.93 bits per heavy atom. The van der Waals surface area contributed by atoms with E-state index in [9.17, 15) is 9.59 Å². The molecule has 0 radical (unpaired) electrons. The molecule has 2 rings (SSSR count). The van der Waals surface area contributed by atoms with Crippen molar-refractivity contribution in [1.82, 2.24) is 4.90 Å². The molecule has 1 aromatic rings. The number of ketones is 2. The third-order valence-corrected chi connectivity index (χ3v) is 4.42. The van der Waals surface area contributed by atoms with Gasteiger partial charge in [0.05, 0.1) is 0 Å². The fraction of sp³-hybridized carbons (Fsp3) is 0.333. The highest BCUT2D eigenvalue weighted by Crippen LogP contribution is 2.27. The standard InChI is InChI=1S/C15H12O2.C6H12Cl3N.ClH/c1-2-13(11-6-4-3-5-7-11)14-10-12(16)8-9-15(14)17;7-1-4-10(5-2-8)6-3-9;/h2-10,13H,1H2;1-6H2;1H. The second kappa shape index (κ2) is 15.8. The van der Waals surface area contributed by atoms with E-state index in [2.05, 4.69) is 11.5 Å². The zero-order chi connectivity index (χ0) is 20.1. The number of carbonyl (C=O) groups excluding carboxylic acids is 2. The van der Waals surface area contributed by atoms with Gasteiger partial charge in [0.15, 0.2) is 11.6 Å². The normalized spacial score (nSPS) is 13.9. The van der Waals surface area contributed by atoms with Crippen LogP contribution in [0.2, 0.25) is 0 Å². The average Bonchev–Trinajstić information content (AvgIpc) is 2.67. The molecule has 0 saturated heterocycles. The summed E-state index contributed by atoms with van der Waals surface area (Å²) in [5, 5.41) is 0. The van der Waals surface area contributed by atoms with E-state index in [0.717, 1.165) is 25.2 Å². The monoisotopic (exact) mass is 463 g/mol. The summed E-state index contributed by atoms with van der Waals surface area (Å²) in [5.74, 6) is 1.44. The van der Waals surface area contributed by atoms with Crippen LogP contribution < -0.4 is 0 Å². The minimum absolute atomic E-state index is 0. The number of halogens is 4. The van der Waals surface area contributed by atoms with Crippen molar-refractivity contribution in [2.75, 3.05) is 37.3 Å². The quantitative estimate of drug-likeness (QED) is 0.292. The van der Waals surface area contributed by atoms with Crippen LogP contribution in [0.5, 0.6) is 0 Å². The third kappa shape index (κ3) is 9.40. The van der Waals surface area contributed by atoms with Crippen LogP contribution in [0.3, 0.4) is 0 Å². The number of hydrogen-bond acceptors (Lipinski definition) is 3. The molecule has 7 heteroatoms. The Bertz CT molecular complexity index is 660. The van der Waals surface area contributed by atoms with E-state index in [1.165, 1.54) is 18.2 Å². The molecule has 0 amide bonds. The number of benzene rings is 1. The molecule has 0 aromatic heterocycles. The van der Waals surface area contributed by atoms with Crippen molar-refractivity contribution in [2.24, 2.45) is 0 Å². The minimum atomic E-state index is -0.224. The molecule has 1 aliphatic carbocycles. The first-order valence-corrected chi connectivity index (χ1v) is 10.2. The number of nitrogens with zero attached hydrogens (tertiary/aromatic N) is 1. The molecule has 0 saturated carbocycles. The summed E-state index contributed by atoms with van der Waals surface area (Å²) in [5.41, 5.74) is 1.45. The van der Waals surface area contributed by atoms with Gasteiger partial charge in [-0.1, -0.05) is 36.4 Å². The van der Waals surface area contributed by atoms with Crippen LogP contribution >= 0.6 is 47.2 Å². The SMILES string of the molecule is C=CC(C1=CC(=O)C=CC1=O)c1ccccc1.Cl.ClCCN(CCCl)CCCl. The predicted octanol–water partition coefficient (Wildman–Crippen LogP) is 5.02. The van der Waals surface area contributed by atoms with Crippen LogP contribution in [0, 0.1) is 0 Å². The summed E-state index contributed by atoms with van der Waals surface area (Å²) in [4.78, 5) is 25.2. The van der Waals surface area contributed by atoms with Crippen molar-refractivity contribution in [3.05, 3.63) is 72.4 Å². The highest BCUT2D eigenvalue weighted by atomic mass is 35.5. The van der Waals surface area contributed by atoms with Gasteiger partial charge < -0.3 is 0 Å². The summed E-state index contributed by atoms with van der Waals surface area (Å²) in [6.07, 6.45) is 5.68. The second-order valence-electron chi connectivity index (χ2n) is 5.73. The van der Waals surface area contributed by atoms with E-state index >= 15 is 0 Å². The molecule has 0 aliphatic heterocycles. The van der Waals surface area contributed by atoms with Gasteiger partial charge in [-0.15, -0.1) is 53.8 Å². The molecule has 154 valence electrons. The topological polar surface area (TPSA) is 37.4 Å². The van der Waals surface area contributed by atoms with Crippen LogP contribution in [-0.4, -0.2) is 53.7 Å². The Balaban J connectivity index is 0.000000577. The molecule has 28 heavy (non-hydrogen) atoms. The Hall–Kier alpha value is -1.10. The number of allylic oxidation sites excluding steroid dienone is 5. The van der Waals surface area contributed by atoms with Crippen molar-refractivity contribution in [3.8, 4) is 0 Å². The molecular formula is C21H25Cl4NO2. The van der Waals surface area contributed by atoms with Crippen molar-refractivity contribution < 1.29 is 9.59 Å². The number of carbonyl (C=O) groups is 2. The minimum Gasteiger partial charge on any atom is -0.300 e. The summed E-state index contributed by atoms with van der Waals surface area (Å²) >= 11 is 16.6. The number of rotatable bonds is 9. The van der Waals surface area contributed by atoms with Crippen LogP contribution in [0.4, 0.5) is 0 Å². The van der Waals surface area contributed by atoms with Crippen LogP contribution in [0.25, 0.3) is 0 Å². The van der Waals surface area contributed by atoms with E-state index in [1.807, 2.05) is 30.3 Å². The molecular weight excluding hydrogens is 440 g/mol. The lowest BCUT2D eigenvalue weighted by Crippen LogP contribution is -2.29. The summed E-state index contributed by atoms with van der Waals surface area (Å²) in [6.45, 7) is 6.37. The first-order valence-electron chi connectivity index (χ1n) is 8.63. The third-order valence-electron chi connectivity index (χ3n) is 3.91. The second-order valence-corrected chi connectivity index (χ2v) is 6.87. The summed E-state index contributed by atoms with van der Waals surface area (Å²) in [6, 6.07) is 9.55. The average molecular weight is 465 g/mol. The van der Waals surface area contributed by atoms with E-state index < -0.39 is 0 Å². The van der Waals surface area contributed by atoms with Gasteiger partial charge in [-0.05, 0) is 23.8 Å². The zero-order valence-corrected chi connectivity index (χ0v) is 18.6. The first kappa shape index (κ1) is 26.9. The van der Waals surface area contributed by atoms with Crippen molar-refractivity contribution >= 4 is 58.8 Å². The van der Waals surface area contributed by atoms with E-state index in [-0.39, 0.29) is 29.9 Å². The van der Waals surface area contributed by atoms with Gasteiger partial charge in [-0.3, -0.25) is 14.5 Å². The zero-order valence-electron chi connectivity index (χ0n) is 15.5. The van der Waals surface area contributed by atoms with Gasteiger partial charge >= 0.3 is 0 Å². The smallest absolute Gasteiger partial charge is 0.183 e. The van der Waals surface area contributed by atoms with E-state index in [4.69, 9.17) is 34.8 Å². The fourth-order valence-electron chi connectivity index (χ4n) is 2.57. The van der Waals surface area contributed by atoms with Gasteiger partial charge in [0.2, 0.25) is 0 Å². The van der Waals surface area contributed by atoms with Gasteiger partial charge in [0.1, 0.15) is 0 Å². The van der Waals surface area contributed by atoms with Crippen molar-refractivity contribution in [3.63, 3.8) is 0 Å². The molecule has 1 aliphatic rings. The van der Waals surface area contributed by atoms with Gasteiger partial charge in [-0.2, -0.15) is 0 Å². The maximum atomic E-state index is 11.8. The van der Waals surface area contributed by atoms with Gasteiger partial charge in [-0.25, -0.2) is 0 Å². The Morgan fingerprint density at radius 2 is 1.46 bits per heavy atom.